The number of nitrogens with one attached hydrogen (secondary N) is 1. The van der Waals surface area contributed by atoms with Gasteiger partial charge in [0, 0.05) is 0 Å². The smallest absolute Gasteiger partial charge is 0.146 e. The molecular formula is C16H19FN2O. The minimum absolute atomic E-state index is 0.0303. The van der Waals surface area contributed by atoms with E-state index in [1.165, 1.54) is 6.07 Å². The molecule has 0 radical (unpaired) electrons. The lowest BCUT2D eigenvalue weighted by molar-refractivity contribution is 0.244. The normalized spacial score (nSPS) is 10.7. The van der Waals surface area contributed by atoms with Crippen molar-refractivity contribution in [1.29, 1.82) is 0 Å². The molecule has 0 aliphatic carbocycles. The lowest BCUT2D eigenvalue weighted by Gasteiger charge is -2.17. The summed E-state index contributed by atoms with van der Waals surface area (Å²) < 4.78 is 19.5. The topological polar surface area (TPSA) is 47.3 Å². The van der Waals surface area contributed by atoms with Crippen molar-refractivity contribution in [3.8, 4) is 5.75 Å². The summed E-state index contributed by atoms with van der Waals surface area (Å²) in [6, 6.07) is 10.4. The molecule has 0 aromatic heterocycles. The zero-order chi connectivity index (χ0) is 14.7. The molecule has 2 rings (SSSR count). The van der Waals surface area contributed by atoms with E-state index >= 15 is 0 Å². The van der Waals surface area contributed by atoms with Gasteiger partial charge in [-0.2, -0.15) is 0 Å². The van der Waals surface area contributed by atoms with E-state index in [1.807, 2.05) is 32.9 Å². The maximum atomic E-state index is 13.8. The second kappa shape index (κ2) is 5.82. The van der Waals surface area contributed by atoms with Gasteiger partial charge in [-0.3, -0.25) is 0 Å². The van der Waals surface area contributed by atoms with Crippen molar-refractivity contribution in [2.24, 2.45) is 0 Å². The van der Waals surface area contributed by atoms with Crippen molar-refractivity contribution < 1.29 is 9.13 Å². The highest BCUT2D eigenvalue weighted by atomic mass is 19.1. The Labute approximate surface area is 118 Å². The minimum atomic E-state index is -0.306. The Morgan fingerprint density at radius 2 is 1.85 bits per heavy atom. The highest BCUT2D eigenvalue weighted by Crippen LogP contribution is 2.33. The van der Waals surface area contributed by atoms with Crippen LogP contribution in [-0.2, 0) is 0 Å². The maximum absolute atomic E-state index is 13.8. The number of halogens is 1. The standard InChI is InChI=1S/C16H19FN2O/c1-10(2)20-14-9-5-8-13(15(14)18)19-16-11(3)6-4-7-12(16)17/h4-10,19H,18H2,1-3H3. The lowest BCUT2D eigenvalue weighted by atomic mass is 10.1. The number of hydrogen-bond donors (Lipinski definition) is 2. The van der Waals surface area contributed by atoms with Gasteiger partial charge in [-0.15, -0.1) is 0 Å². The van der Waals surface area contributed by atoms with Crippen LogP contribution in [0.5, 0.6) is 5.75 Å². The summed E-state index contributed by atoms with van der Waals surface area (Å²) >= 11 is 0. The number of benzene rings is 2. The number of anilines is 3. The van der Waals surface area contributed by atoms with E-state index in [2.05, 4.69) is 5.32 Å². The molecule has 0 atom stereocenters. The van der Waals surface area contributed by atoms with Crippen LogP contribution in [0.2, 0.25) is 0 Å². The molecule has 0 unspecified atom stereocenters. The molecule has 3 nitrogen and oxygen atoms in total. The third-order valence-corrected chi connectivity index (χ3v) is 2.91. The molecule has 3 N–H and O–H groups in total. The number of nitrogen functional groups attached to an aromatic ring is 1. The van der Waals surface area contributed by atoms with Gasteiger partial charge >= 0.3 is 0 Å². The number of rotatable bonds is 4. The van der Waals surface area contributed by atoms with Gasteiger partial charge in [-0.1, -0.05) is 18.2 Å². The van der Waals surface area contributed by atoms with Gasteiger partial charge in [0.2, 0.25) is 0 Å². The molecule has 0 heterocycles. The van der Waals surface area contributed by atoms with E-state index in [4.69, 9.17) is 10.5 Å². The lowest BCUT2D eigenvalue weighted by Crippen LogP contribution is -2.08. The van der Waals surface area contributed by atoms with Crippen LogP contribution in [0.25, 0.3) is 0 Å². The summed E-state index contributed by atoms with van der Waals surface area (Å²) in [4.78, 5) is 0. The van der Waals surface area contributed by atoms with Gasteiger partial charge in [0.25, 0.3) is 0 Å². The van der Waals surface area contributed by atoms with Crippen molar-refractivity contribution >= 4 is 17.1 Å². The van der Waals surface area contributed by atoms with E-state index in [0.717, 1.165) is 5.56 Å². The molecule has 0 saturated carbocycles. The first kappa shape index (κ1) is 14.2. The Kier molecular flexibility index (Phi) is 4.13. The summed E-state index contributed by atoms with van der Waals surface area (Å²) in [5.74, 6) is 0.290. The van der Waals surface area contributed by atoms with Crippen LogP contribution < -0.4 is 15.8 Å². The Hall–Kier alpha value is -2.23. The van der Waals surface area contributed by atoms with E-state index in [0.29, 0.717) is 22.8 Å². The predicted molar refractivity (Wildman–Crippen MR) is 81.0 cm³/mol. The number of ether oxygens (including phenoxy) is 1. The largest absolute Gasteiger partial charge is 0.489 e. The van der Waals surface area contributed by atoms with E-state index < -0.39 is 0 Å². The average Bonchev–Trinajstić information content (AvgIpc) is 2.37. The highest BCUT2D eigenvalue weighted by molar-refractivity contribution is 5.78. The van der Waals surface area contributed by atoms with Crippen molar-refractivity contribution in [3.63, 3.8) is 0 Å². The Morgan fingerprint density at radius 3 is 2.50 bits per heavy atom. The highest BCUT2D eigenvalue weighted by Gasteiger charge is 2.11. The second-order valence-electron chi connectivity index (χ2n) is 4.94. The molecular weight excluding hydrogens is 255 g/mol. The molecule has 20 heavy (non-hydrogen) atoms. The van der Waals surface area contributed by atoms with Gasteiger partial charge in [0.05, 0.1) is 23.2 Å². The third-order valence-electron chi connectivity index (χ3n) is 2.91. The van der Waals surface area contributed by atoms with Gasteiger partial charge in [0.15, 0.2) is 0 Å². The van der Waals surface area contributed by atoms with Crippen molar-refractivity contribution in [3.05, 3.63) is 47.8 Å². The van der Waals surface area contributed by atoms with Gasteiger partial charge < -0.3 is 15.8 Å². The minimum Gasteiger partial charge on any atom is -0.489 e. The van der Waals surface area contributed by atoms with Crippen LogP contribution in [-0.4, -0.2) is 6.10 Å². The summed E-state index contributed by atoms with van der Waals surface area (Å²) in [5, 5.41) is 3.04. The van der Waals surface area contributed by atoms with Crippen LogP contribution >= 0.6 is 0 Å². The SMILES string of the molecule is Cc1cccc(F)c1Nc1cccc(OC(C)C)c1N. The number of hydrogen-bond acceptors (Lipinski definition) is 3. The Bertz CT molecular complexity index is 591. The number of para-hydroxylation sites is 2. The summed E-state index contributed by atoms with van der Waals surface area (Å²) in [7, 11) is 0. The molecule has 0 aliphatic rings. The first-order chi connectivity index (χ1) is 9.49. The first-order valence-electron chi connectivity index (χ1n) is 6.56. The Morgan fingerprint density at radius 1 is 1.15 bits per heavy atom. The zero-order valence-corrected chi connectivity index (χ0v) is 11.9. The fourth-order valence-corrected chi connectivity index (χ4v) is 1.93. The summed E-state index contributed by atoms with van der Waals surface area (Å²) in [6.07, 6.45) is 0.0303. The van der Waals surface area contributed by atoms with Gasteiger partial charge in [-0.05, 0) is 44.5 Å². The fourth-order valence-electron chi connectivity index (χ4n) is 1.93. The van der Waals surface area contributed by atoms with E-state index in [1.54, 1.807) is 18.2 Å². The second-order valence-corrected chi connectivity index (χ2v) is 4.94. The number of nitrogens with two attached hydrogens (primary N) is 1. The molecule has 0 spiro atoms. The molecule has 0 saturated heterocycles. The first-order valence-corrected chi connectivity index (χ1v) is 6.56. The van der Waals surface area contributed by atoms with Gasteiger partial charge in [0.1, 0.15) is 11.6 Å². The van der Waals surface area contributed by atoms with E-state index in [-0.39, 0.29) is 11.9 Å². The molecule has 106 valence electrons. The molecule has 4 heteroatoms. The average molecular weight is 274 g/mol. The van der Waals surface area contributed by atoms with Crippen LogP contribution in [0.1, 0.15) is 19.4 Å². The zero-order valence-electron chi connectivity index (χ0n) is 11.9. The molecule has 2 aromatic rings. The third kappa shape index (κ3) is 3.02. The number of aryl methyl sites for hydroxylation is 1. The predicted octanol–water partition coefficient (Wildman–Crippen LogP) is 4.25. The molecule has 0 fully saturated rings. The molecule has 0 amide bonds. The van der Waals surface area contributed by atoms with Crippen LogP contribution in [0.4, 0.5) is 21.5 Å². The molecule has 0 aliphatic heterocycles. The summed E-state index contributed by atoms with van der Waals surface area (Å²) in [5.41, 5.74) is 8.43. The van der Waals surface area contributed by atoms with E-state index in [9.17, 15) is 4.39 Å². The quantitative estimate of drug-likeness (QED) is 0.819. The maximum Gasteiger partial charge on any atom is 0.146 e. The van der Waals surface area contributed by atoms with Crippen molar-refractivity contribution in [2.75, 3.05) is 11.1 Å². The van der Waals surface area contributed by atoms with Crippen molar-refractivity contribution in [1.82, 2.24) is 0 Å². The van der Waals surface area contributed by atoms with Crippen molar-refractivity contribution in [2.45, 2.75) is 26.9 Å². The van der Waals surface area contributed by atoms with Crippen LogP contribution in [0.3, 0.4) is 0 Å². The molecule has 0 bridgehead atoms. The monoisotopic (exact) mass is 274 g/mol. The molecule has 2 aromatic carbocycles. The van der Waals surface area contributed by atoms with Crippen LogP contribution in [0.15, 0.2) is 36.4 Å². The fraction of sp³-hybridized carbons (Fsp3) is 0.250. The Balaban J connectivity index is 2.35. The van der Waals surface area contributed by atoms with Crippen LogP contribution in [0, 0.1) is 12.7 Å². The van der Waals surface area contributed by atoms with Gasteiger partial charge in [-0.25, -0.2) is 4.39 Å². The summed E-state index contributed by atoms with van der Waals surface area (Å²) in [6.45, 7) is 5.71.